The topological polar surface area (TPSA) is 66.4 Å². The maximum atomic E-state index is 12.5. The highest BCUT2D eigenvalue weighted by Crippen LogP contribution is 2.21. The van der Waals surface area contributed by atoms with E-state index < -0.39 is 10.0 Å². The second kappa shape index (κ2) is 6.44. The van der Waals surface area contributed by atoms with Crippen LogP contribution in [0.1, 0.15) is 11.1 Å². The molecule has 108 valence electrons. The van der Waals surface area contributed by atoms with Crippen LogP contribution >= 0.6 is 0 Å². The Morgan fingerprint density at radius 2 is 1.76 bits per heavy atom. The minimum Gasteiger partial charge on any atom is -0.384 e. The summed E-state index contributed by atoms with van der Waals surface area (Å²) in [5.74, 6) is 5.12. The molecule has 2 aromatic carbocycles. The number of hydrogen-bond donors (Lipinski definition) is 2. The predicted octanol–water partition coefficient (Wildman–Crippen LogP) is 2.14. The summed E-state index contributed by atoms with van der Waals surface area (Å²) >= 11 is 0. The SMILES string of the molecule is Cc1ccccc1NS(=O)(=O)c1ccccc1C#CCO. The Hall–Kier alpha value is -2.29. The second-order valence-corrected chi connectivity index (χ2v) is 6.03. The van der Waals surface area contributed by atoms with Crippen molar-refractivity contribution in [2.45, 2.75) is 11.8 Å². The van der Waals surface area contributed by atoms with Crippen LogP contribution in [0.5, 0.6) is 0 Å². The molecule has 0 atom stereocenters. The Labute approximate surface area is 124 Å². The van der Waals surface area contributed by atoms with Crippen LogP contribution in [0.4, 0.5) is 5.69 Å². The molecule has 0 bridgehead atoms. The third-order valence-corrected chi connectivity index (χ3v) is 4.29. The summed E-state index contributed by atoms with van der Waals surface area (Å²) in [5.41, 5.74) is 1.72. The fourth-order valence-corrected chi connectivity index (χ4v) is 3.12. The Kier molecular flexibility index (Phi) is 4.63. The molecule has 2 aromatic rings. The lowest BCUT2D eigenvalue weighted by molar-refractivity contribution is 0.350. The van der Waals surface area contributed by atoms with E-state index in [9.17, 15) is 8.42 Å². The van der Waals surface area contributed by atoms with Gasteiger partial charge in [-0.3, -0.25) is 4.72 Å². The molecule has 2 rings (SSSR count). The molecule has 0 amide bonds. The van der Waals surface area contributed by atoms with E-state index in [1.807, 2.05) is 19.1 Å². The van der Waals surface area contributed by atoms with Gasteiger partial charge in [-0.2, -0.15) is 0 Å². The molecule has 0 saturated heterocycles. The number of anilines is 1. The average Bonchev–Trinajstić information content (AvgIpc) is 2.47. The monoisotopic (exact) mass is 301 g/mol. The molecule has 0 spiro atoms. The smallest absolute Gasteiger partial charge is 0.263 e. The standard InChI is InChI=1S/C16H15NO3S/c1-13-7-2-4-10-15(13)17-21(19,20)16-11-5-3-8-14(16)9-6-12-18/h2-5,7-8,10-11,17-18H,12H2,1H3. The number of hydrogen-bond acceptors (Lipinski definition) is 3. The first-order chi connectivity index (χ1) is 10.0. The second-order valence-electron chi connectivity index (χ2n) is 4.38. The predicted molar refractivity (Wildman–Crippen MR) is 82.4 cm³/mol. The van der Waals surface area contributed by atoms with Crippen LogP contribution in [0.25, 0.3) is 0 Å². The Balaban J connectivity index is 2.43. The van der Waals surface area contributed by atoms with E-state index in [0.717, 1.165) is 5.56 Å². The van der Waals surface area contributed by atoms with Crippen LogP contribution in [0.3, 0.4) is 0 Å². The summed E-state index contributed by atoms with van der Waals surface area (Å²) in [6.45, 7) is 1.51. The van der Waals surface area contributed by atoms with Gasteiger partial charge in [-0.25, -0.2) is 8.42 Å². The molecule has 0 fully saturated rings. The van der Waals surface area contributed by atoms with Crippen LogP contribution in [-0.2, 0) is 10.0 Å². The number of aryl methyl sites for hydroxylation is 1. The molecule has 0 aromatic heterocycles. The first kappa shape index (κ1) is 15.1. The lowest BCUT2D eigenvalue weighted by atomic mass is 10.2. The first-order valence-corrected chi connectivity index (χ1v) is 7.80. The van der Waals surface area contributed by atoms with Gasteiger partial charge in [0.05, 0.1) is 5.69 Å². The van der Waals surface area contributed by atoms with Crippen molar-refractivity contribution in [1.82, 2.24) is 0 Å². The van der Waals surface area contributed by atoms with E-state index in [2.05, 4.69) is 16.6 Å². The van der Waals surface area contributed by atoms with Gasteiger partial charge in [0.1, 0.15) is 11.5 Å². The van der Waals surface area contributed by atoms with E-state index in [4.69, 9.17) is 5.11 Å². The van der Waals surface area contributed by atoms with Gasteiger partial charge in [0, 0.05) is 5.56 Å². The summed E-state index contributed by atoms with van der Waals surface area (Å²) in [6, 6.07) is 13.6. The zero-order valence-corrected chi connectivity index (χ0v) is 12.3. The summed E-state index contributed by atoms with van der Waals surface area (Å²) < 4.78 is 27.6. The number of sulfonamides is 1. The summed E-state index contributed by atoms with van der Waals surface area (Å²) in [4.78, 5) is 0.0919. The molecule has 0 unspecified atom stereocenters. The van der Waals surface area contributed by atoms with Crippen LogP contribution in [0.15, 0.2) is 53.4 Å². The molecule has 0 aliphatic carbocycles. The molecule has 0 aliphatic rings. The minimum atomic E-state index is -3.73. The van der Waals surface area contributed by atoms with E-state index >= 15 is 0 Å². The van der Waals surface area contributed by atoms with Crippen LogP contribution in [0.2, 0.25) is 0 Å². The Morgan fingerprint density at radius 3 is 2.48 bits per heavy atom. The molecule has 0 aliphatic heterocycles. The van der Waals surface area contributed by atoms with Crippen molar-refractivity contribution in [1.29, 1.82) is 0 Å². The Bertz CT molecular complexity index is 802. The number of para-hydroxylation sites is 1. The largest absolute Gasteiger partial charge is 0.384 e. The van der Waals surface area contributed by atoms with Gasteiger partial charge in [-0.15, -0.1) is 0 Å². The molecule has 2 N–H and O–H groups in total. The minimum absolute atomic E-state index is 0.0919. The molecule has 21 heavy (non-hydrogen) atoms. The van der Waals surface area contributed by atoms with Crippen LogP contribution < -0.4 is 4.72 Å². The van der Waals surface area contributed by atoms with E-state index in [0.29, 0.717) is 11.3 Å². The molecule has 0 heterocycles. The quantitative estimate of drug-likeness (QED) is 0.854. The van der Waals surface area contributed by atoms with Crippen molar-refractivity contribution < 1.29 is 13.5 Å². The molecule has 5 heteroatoms. The van der Waals surface area contributed by atoms with E-state index in [-0.39, 0.29) is 11.5 Å². The van der Waals surface area contributed by atoms with Crippen molar-refractivity contribution in [3.8, 4) is 11.8 Å². The highest BCUT2D eigenvalue weighted by Gasteiger charge is 2.18. The third-order valence-electron chi connectivity index (χ3n) is 2.87. The summed E-state index contributed by atoms with van der Waals surface area (Å²) in [5, 5.41) is 8.75. The van der Waals surface area contributed by atoms with Crippen molar-refractivity contribution >= 4 is 15.7 Å². The fraction of sp³-hybridized carbons (Fsp3) is 0.125. The molecular weight excluding hydrogens is 286 g/mol. The maximum absolute atomic E-state index is 12.5. The Morgan fingerprint density at radius 1 is 1.10 bits per heavy atom. The number of rotatable bonds is 3. The van der Waals surface area contributed by atoms with Gasteiger partial charge in [-0.1, -0.05) is 42.2 Å². The highest BCUT2D eigenvalue weighted by atomic mass is 32.2. The average molecular weight is 301 g/mol. The van der Waals surface area contributed by atoms with Gasteiger partial charge in [0.25, 0.3) is 10.0 Å². The normalized spacial score (nSPS) is 10.6. The van der Waals surface area contributed by atoms with E-state index in [1.54, 1.807) is 30.3 Å². The van der Waals surface area contributed by atoms with Crippen molar-refractivity contribution in [3.05, 3.63) is 59.7 Å². The number of benzene rings is 2. The summed E-state index contributed by atoms with van der Waals surface area (Å²) in [6.07, 6.45) is 0. The van der Waals surface area contributed by atoms with Crippen molar-refractivity contribution in [2.24, 2.45) is 0 Å². The zero-order chi connectivity index (χ0) is 15.3. The fourth-order valence-electron chi connectivity index (χ4n) is 1.83. The van der Waals surface area contributed by atoms with Crippen LogP contribution in [-0.4, -0.2) is 20.1 Å². The van der Waals surface area contributed by atoms with Crippen molar-refractivity contribution in [3.63, 3.8) is 0 Å². The van der Waals surface area contributed by atoms with E-state index in [1.165, 1.54) is 6.07 Å². The number of aliphatic hydroxyl groups excluding tert-OH is 1. The van der Waals surface area contributed by atoms with Gasteiger partial charge in [0.2, 0.25) is 0 Å². The third kappa shape index (κ3) is 3.63. The molecule has 4 nitrogen and oxygen atoms in total. The first-order valence-electron chi connectivity index (χ1n) is 6.32. The number of aliphatic hydroxyl groups is 1. The maximum Gasteiger partial charge on any atom is 0.263 e. The highest BCUT2D eigenvalue weighted by molar-refractivity contribution is 7.92. The molecule has 0 radical (unpaired) electrons. The van der Waals surface area contributed by atoms with Gasteiger partial charge < -0.3 is 5.11 Å². The number of nitrogens with one attached hydrogen (secondary N) is 1. The van der Waals surface area contributed by atoms with Crippen LogP contribution in [0, 0.1) is 18.8 Å². The molecule has 0 saturated carbocycles. The lowest BCUT2D eigenvalue weighted by Gasteiger charge is -2.11. The van der Waals surface area contributed by atoms with Crippen molar-refractivity contribution in [2.75, 3.05) is 11.3 Å². The zero-order valence-electron chi connectivity index (χ0n) is 11.5. The van der Waals surface area contributed by atoms with Gasteiger partial charge in [0.15, 0.2) is 0 Å². The van der Waals surface area contributed by atoms with Gasteiger partial charge >= 0.3 is 0 Å². The van der Waals surface area contributed by atoms with Gasteiger partial charge in [-0.05, 0) is 30.7 Å². The lowest BCUT2D eigenvalue weighted by Crippen LogP contribution is -2.15. The molecular formula is C16H15NO3S. The summed E-state index contributed by atoms with van der Waals surface area (Å²) in [7, 11) is -3.73.